The molecule has 2 aliphatic carbocycles. The molecule has 258 valence electrons. The molecule has 0 aromatic heterocycles. The summed E-state index contributed by atoms with van der Waals surface area (Å²) in [5, 5.41) is 21.6. The molecule has 0 radical (unpaired) electrons. The molecule has 5 amide bonds. The van der Waals surface area contributed by atoms with E-state index in [9.17, 15) is 33.9 Å². The lowest BCUT2D eigenvalue weighted by atomic mass is 9.83. The molecular weight excluding hydrogens is 602 g/mol. The summed E-state index contributed by atoms with van der Waals surface area (Å²) >= 11 is 0. The van der Waals surface area contributed by atoms with Crippen LogP contribution in [0.15, 0.2) is 30.3 Å². The van der Waals surface area contributed by atoms with E-state index in [1.54, 1.807) is 35.2 Å². The van der Waals surface area contributed by atoms with Gasteiger partial charge in [0, 0.05) is 12.1 Å². The molecule has 3 fully saturated rings. The van der Waals surface area contributed by atoms with Crippen LogP contribution in [0.4, 0.5) is 0 Å². The summed E-state index contributed by atoms with van der Waals surface area (Å²) in [7, 11) is 0. The molecule has 6 atom stereocenters. The molecule has 1 heterocycles. The SMILES string of the molecule is CCC[C@H](NC(=O)[C@@H]1CC2CCCCC2N1C(=O)[C@@H](NC(=O)CNC(=O)[C@](C)(O)c1ccccc1)C(C)(C)C)C(=O)C(=O)NC1CC1. The van der Waals surface area contributed by atoms with E-state index in [1.165, 1.54) is 6.92 Å². The molecule has 2 unspecified atom stereocenters. The van der Waals surface area contributed by atoms with Crippen LogP contribution < -0.4 is 21.3 Å². The molecule has 4 rings (SSSR count). The van der Waals surface area contributed by atoms with Crippen molar-refractivity contribution in [3.8, 4) is 0 Å². The van der Waals surface area contributed by atoms with Crippen LogP contribution in [0.2, 0.25) is 0 Å². The number of nitrogens with one attached hydrogen (secondary N) is 4. The van der Waals surface area contributed by atoms with Crippen LogP contribution in [0.1, 0.15) is 98.0 Å². The predicted molar refractivity (Wildman–Crippen MR) is 174 cm³/mol. The molecule has 0 spiro atoms. The molecule has 12 heteroatoms. The van der Waals surface area contributed by atoms with Crippen molar-refractivity contribution in [2.45, 2.75) is 128 Å². The van der Waals surface area contributed by atoms with E-state index in [0.717, 1.165) is 38.5 Å². The Morgan fingerprint density at radius 2 is 1.60 bits per heavy atom. The van der Waals surface area contributed by atoms with E-state index < -0.39 is 71.0 Å². The fraction of sp³-hybridized carbons (Fsp3) is 0.657. The van der Waals surface area contributed by atoms with Crippen LogP contribution >= 0.6 is 0 Å². The van der Waals surface area contributed by atoms with Crippen molar-refractivity contribution in [1.29, 1.82) is 0 Å². The number of fused-ring (bicyclic) bond motifs is 1. The highest BCUT2D eigenvalue weighted by Crippen LogP contribution is 2.41. The fourth-order valence-corrected chi connectivity index (χ4v) is 6.72. The summed E-state index contributed by atoms with van der Waals surface area (Å²) in [6.45, 7) is 8.17. The Kier molecular flexibility index (Phi) is 11.5. The summed E-state index contributed by atoms with van der Waals surface area (Å²) in [5.74, 6) is -3.56. The standard InChI is InChI=1S/C35H51N5O7/c1-6-12-24(28(42)31(44)37-23-17-18-23)38-30(43)26-19-21-13-10-11-16-25(21)40(26)32(45)29(34(2,3)4)39-27(41)20-36-33(46)35(5,47)22-14-8-7-9-15-22/h7-9,14-15,21,23-26,29,47H,6,10-13,16-20H2,1-5H3,(H,36,46)(H,37,44)(H,38,43)(H,39,41)/t21?,24-,25?,26-,29+,35+/m0/s1. The number of ketones is 1. The summed E-state index contributed by atoms with van der Waals surface area (Å²) in [4.78, 5) is 81.5. The van der Waals surface area contributed by atoms with Gasteiger partial charge in [0.2, 0.25) is 23.5 Å². The lowest BCUT2D eigenvalue weighted by Gasteiger charge is -2.39. The number of likely N-dealkylation sites (tertiary alicyclic amines) is 1. The minimum Gasteiger partial charge on any atom is -0.376 e. The molecule has 3 aliphatic rings. The molecule has 1 aromatic rings. The second-order valence-corrected chi connectivity index (χ2v) is 14.6. The third kappa shape index (κ3) is 8.77. The maximum atomic E-state index is 14.4. The van der Waals surface area contributed by atoms with Gasteiger partial charge in [0.05, 0.1) is 12.6 Å². The number of hydrogen-bond acceptors (Lipinski definition) is 7. The van der Waals surface area contributed by atoms with Gasteiger partial charge in [0.1, 0.15) is 12.1 Å². The smallest absolute Gasteiger partial charge is 0.289 e. The fourth-order valence-electron chi connectivity index (χ4n) is 6.72. The van der Waals surface area contributed by atoms with Gasteiger partial charge in [-0.15, -0.1) is 0 Å². The van der Waals surface area contributed by atoms with Crippen LogP contribution in [0, 0.1) is 11.3 Å². The van der Waals surface area contributed by atoms with E-state index in [-0.39, 0.29) is 18.0 Å². The van der Waals surface area contributed by atoms with Gasteiger partial charge in [0.15, 0.2) is 5.60 Å². The first-order valence-electron chi connectivity index (χ1n) is 17.0. The third-order valence-corrected chi connectivity index (χ3v) is 9.60. The average molecular weight is 654 g/mol. The normalized spacial score (nSPS) is 23.4. The Morgan fingerprint density at radius 1 is 0.936 bits per heavy atom. The van der Waals surface area contributed by atoms with E-state index in [2.05, 4.69) is 21.3 Å². The molecule has 0 bridgehead atoms. The Bertz CT molecular complexity index is 1340. The molecule has 1 saturated heterocycles. The largest absolute Gasteiger partial charge is 0.376 e. The highest BCUT2D eigenvalue weighted by atomic mass is 16.3. The van der Waals surface area contributed by atoms with Gasteiger partial charge in [-0.05, 0) is 62.3 Å². The van der Waals surface area contributed by atoms with Crippen molar-refractivity contribution in [2.75, 3.05) is 6.54 Å². The number of rotatable bonds is 13. The quantitative estimate of drug-likeness (QED) is 0.202. The average Bonchev–Trinajstić information content (AvgIpc) is 3.76. The van der Waals surface area contributed by atoms with Crippen LogP contribution in [0.5, 0.6) is 0 Å². The first-order chi connectivity index (χ1) is 22.1. The van der Waals surface area contributed by atoms with E-state index in [0.29, 0.717) is 24.8 Å². The number of carbonyl (C=O) groups excluding carboxylic acids is 6. The molecule has 47 heavy (non-hydrogen) atoms. The van der Waals surface area contributed by atoms with Crippen LogP contribution in [0.3, 0.4) is 0 Å². The zero-order valence-corrected chi connectivity index (χ0v) is 28.3. The molecule has 1 aromatic carbocycles. The van der Waals surface area contributed by atoms with Gasteiger partial charge in [-0.25, -0.2) is 0 Å². The van der Waals surface area contributed by atoms with Gasteiger partial charge in [-0.1, -0.05) is 77.3 Å². The van der Waals surface area contributed by atoms with E-state index in [4.69, 9.17) is 0 Å². The number of nitrogens with zero attached hydrogens (tertiary/aromatic N) is 1. The van der Waals surface area contributed by atoms with Crippen LogP contribution in [0.25, 0.3) is 0 Å². The summed E-state index contributed by atoms with van der Waals surface area (Å²) in [5.41, 5.74) is -2.27. The lowest BCUT2D eigenvalue weighted by Crippen LogP contribution is -2.61. The Balaban J connectivity index is 1.49. The molecule has 12 nitrogen and oxygen atoms in total. The zero-order chi connectivity index (χ0) is 34.5. The number of Topliss-reactive ketones (excluding diaryl/α,β-unsaturated/α-hetero) is 1. The summed E-state index contributed by atoms with van der Waals surface area (Å²) in [6, 6.07) is 5.28. The van der Waals surface area contributed by atoms with Crippen molar-refractivity contribution in [3.05, 3.63) is 35.9 Å². The van der Waals surface area contributed by atoms with Gasteiger partial charge >= 0.3 is 0 Å². The Morgan fingerprint density at radius 3 is 2.21 bits per heavy atom. The van der Waals surface area contributed by atoms with E-state index in [1.807, 2.05) is 27.7 Å². The van der Waals surface area contributed by atoms with Crippen molar-refractivity contribution >= 4 is 35.3 Å². The first kappa shape index (κ1) is 36.0. The van der Waals surface area contributed by atoms with Crippen molar-refractivity contribution < 1.29 is 33.9 Å². The van der Waals surface area contributed by atoms with E-state index >= 15 is 0 Å². The second kappa shape index (κ2) is 15.0. The minimum absolute atomic E-state index is 0.00498. The number of amides is 5. The monoisotopic (exact) mass is 653 g/mol. The highest BCUT2D eigenvalue weighted by Gasteiger charge is 2.51. The molecule has 1 aliphatic heterocycles. The molecule has 5 N–H and O–H groups in total. The first-order valence-corrected chi connectivity index (χ1v) is 17.0. The van der Waals surface area contributed by atoms with Crippen LogP contribution in [-0.4, -0.2) is 82.1 Å². The summed E-state index contributed by atoms with van der Waals surface area (Å²) < 4.78 is 0. The minimum atomic E-state index is -1.87. The number of benzene rings is 1. The maximum absolute atomic E-state index is 14.4. The van der Waals surface area contributed by atoms with Crippen molar-refractivity contribution in [1.82, 2.24) is 26.2 Å². The third-order valence-electron chi connectivity index (χ3n) is 9.60. The number of carbonyl (C=O) groups is 6. The zero-order valence-electron chi connectivity index (χ0n) is 28.3. The summed E-state index contributed by atoms with van der Waals surface area (Å²) in [6.07, 6.45) is 6.42. The van der Waals surface area contributed by atoms with Crippen molar-refractivity contribution in [3.63, 3.8) is 0 Å². The molecule has 2 saturated carbocycles. The van der Waals surface area contributed by atoms with Crippen molar-refractivity contribution in [2.24, 2.45) is 11.3 Å². The Labute approximate surface area is 277 Å². The topological polar surface area (TPSA) is 174 Å². The Hall–Kier alpha value is -3.80. The second-order valence-electron chi connectivity index (χ2n) is 14.6. The van der Waals surface area contributed by atoms with Gasteiger partial charge in [-0.2, -0.15) is 0 Å². The lowest BCUT2D eigenvalue weighted by molar-refractivity contribution is -0.147. The predicted octanol–water partition coefficient (Wildman–Crippen LogP) is 1.83. The van der Waals surface area contributed by atoms with Crippen LogP contribution in [-0.2, 0) is 34.4 Å². The number of hydrogen-bond donors (Lipinski definition) is 5. The van der Waals surface area contributed by atoms with Gasteiger partial charge < -0.3 is 31.3 Å². The van der Waals surface area contributed by atoms with Gasteiger partial charge in [-0.3, -0.25) is 28.8 Å². The van der Waals surface area contributed by atoms with Gasteiger partial charge in [0.25, 0.3) is 11.8 Å². The number of aliphatic hydroxyl groups is 1. The maximum Gasteiger partial charge on any atom is 0.289 e. The highest BCUT2D eigenvalue weighted by molar-refractivity contribution is 6.38. The molecular formula is C35H51N5O7.